The number of carbonyl (C=O) groups excluding carboxylic acids is 1. The summed E-state index contributed by atoms with van der Waals surface area (Å²) in [6.07, 6.45) is 2.20. The van der Waals surface area contributed by atoms with Crippen LogP contribution in [0.2, 0.25) is 5.02 Å². The predicted octanol–water partition coefficient (Wildman–Crippen LogP) is 2.29. The molecule has 1 aliphatic rings. The minimum Gasteiger partial charge on any atom is -0.343 e. The van der Waals surface area contributed by atoms with Gasteiger partial charge in [-0.05, 0) is 43.7 Å². The van der Waals surface area contributed by atoms with Gasteiger partial charge in [0.2, 0.25) is 0 Å². The number of imidazole rings is 1. The molecule has 1 amide bonds. The fraction of sp³-hybridized carbons (Fsp3) is 0.312. The Labute approximate surface area is 143 Å². The van der Waals surface area contributed by atoms with Crippen LogP contribution in [0.3, 0.4) is 0 Å². The number of nitrogens with one attached hydrogen (secondary N) is 4. The zero-order chi connectivity index (χ0) is 16.5. The number of hydrogen-bond acceptors (Lipinski definition) is 4. The van der Waals surface area contributed by atoms with Crippen molar-refractivity contribution in [2.45, 2.75) is 25.4 Å². The third-order valence-electron chi connectivity index (χ3n) is 4.18. The van der Waals surface area contributed by atoms with Gasteiger partial charge in [-0.25, -0.2) is 4.98 Å². The summed E-state index contributed by atoms with van der Waals surface area (Å²) < 4.78 is 0. The molecule has 1 unspecified atom stereocenters. The van der Waals surface area contributed by atoms with Crippen molar-refractivity contribution < 1.29 is 4.79 Å². The summed E-state index contributed by atoms with van der Waals surface area (Å²) in [7, 11) is 0. The maximum Gasteiger partial charge on any atom is 0.272 e. The van der Waals surface area contributed by atoms with E-state index in [0.29, 0.717) is 23.1 Å². The number of rotatable bonds is 4. The third-order valence-corrected chi connectivity index (χ3v) is 4.41. The topological polar surface area (TPSA) is 98.5 Å². The molecule has 0 bridgehead atoms. The molecule has 3 aromatic rings. The Kier molecular flexibility index (Phi) is 3.95. The van der Waals surface area contributed by atoms with Gasteiger partial charge >= 0.3 is 0 Å². The summed E-state index contributed by atoms with van der Waals surface area (Å²) in [6, 6.07) is 7.50. The molecule has 0 aliphatic carbocycles. The molecule has 0 spiro atoms. The first-order valence-corrected chi connectivity index (χ1v) is 8.28. The number of hydrogen-bond donors (Lipinski definition) is 4. The van der Waals surface area contributed by atoms with Crippen LogP contribution in [0.15, 0.2) is 24.3 Å². The fourth-order valence-corrected chi connectivity index (χ4v) is 3.13. The van der Waals surface area contributed by atoms with Crippen LogP contribution in [0.5, 0.6) is 0 Å². The quantitative estimate of drug-likeness (QED) is 0.583. The second-order valence-electron chi connectivity index (χ2n) is 5.89. The van der Waals surface area contributed by atoms with Gasteiger partial charge in [-0.3, -0.25) is 9.89 Å². The molecule has 24 heavy (non-hydrogen) atoms. The van der Waals surface area contributed by atoms with Crippen LogP contribution in [-0.2, 0) is 6.54 Å². The maximum absolute atomic E-state index is 12.2. The van der Waals surface area contributed by atoms with Gasteiger partial charge in [-0.15, -0.1) is 0 Å². The summed E-state index contributed by atoms with van der Waals surface area (Å²) in [4.78, 5) is 19.8. The molecule has 1 aliphatic heterocycles. The van der Waals surface area contributed by atoms with E-state index in [0.717, 1.165) is 36.1 Å². The molecule has 7 nitrogen and oxygen atoms in total. The van der Waals surface area contributed by atoms with E-state index in [2.05, 4.69) is 30.8 Å². The van der Waals surface area contributed by atoms with Crippen molar-refractivity contribution in [2.24, 2.45) is 0 Å². The van der Waals surface area contributed by atoms with Crippen LogP contribution in [0.25, 0.3) is 11.0 Å². The average molecular weight is 345 g/mol. The Morgan fingerprint density at radius 2 is 2.29 bits per heavy atom. The highest BCUT2D eigenvalue weighted by molar-refractivity contribution is 6.31. The molecule has 1 atom stereocenters. The smallest absolute Gasteiger partial charge is 0.272 e. The Bertz CT molecular complexity index is 880. The Hall–Kier alpha value is -2.38. The van der Waals surface area contributed by atoms with Crippen LogP contribution in [0, 0.1) is 0 Å². The molecule has 1 aromatic carbocycles. The molecule has 8 heteroatoms. The number of aromatic nitrogens is 4. The lowest BCUT2D eigenvalue weighted by Gasteiger charge is -2.05. The number of fused-ring (bicyclic) bond motifs is 1. The SMILES string of the molecule is O=C(NCc1nc2ccc(Cl)cc2[nH]1)c1cc(C2CCCN2)[nH]n1. The van der Waals surface area contributed by atoms with Crippen molar-refractivity contribution in [3.63, 3.8) is 0 Å². The number of carbonyl (C=O) groups is 1. The van der Waals surface area contributed by atoms with E-state index in [9.17, 15) is 4.79 Å². The summed E-state index contributed by atoms with van der Waals surface area (Å²) in [5.74, 6) is 0.447. The number of halogens is 1. The number of aromatic amines is 2. The van der Waals surface area contributed by atoms with Crippen LogP contribution in [0.1, 0.15) is 40.9 Å². The summed E-state index contributed by atoms with van der Waals surface area (Å²) in [6.45, 7) is 1.30. The molecule has 1 fully saturated rings. The zero-order valence-electron chi connectivity index (χ0n) is 12.9. The van der Waals surface area contributed by atoms with Gasteiger partial charge in [0, 0.05) is 11.1 Å². The number of H-pyrrole nitrogens is 2. The van der Waals surface area contributed by atoms with E-state index >= 15 is 0 Å². The highest BCUT2D eigenvalue weighted by atomic mass is 35.5. The van der Waals surface area contributed by atoms with Gasteiger partial charge in [-0.2, -0.15) is 5.10 Å². The van der Waals surface area contributed by atoms with Crippen molar-refractivity contribution in [3.8, 4) is 0 Å². The summed E-state index contributed by atoms with van der Waals surface area (Å²) in [5, 5.41) is 13.9. The second kappa shape index (κ2) is 6.26. The molecule has 2 aromatic heterocycles. The summed E-state index contributed by atoms with van der Waals surface area (Å²) >= 11 is 5.96. The average Bonchev–Trinajstić information content (AvgIpc) is 3.30. The second-order valence-corrected chi connectivity index (χ2v) is 6.32. The van der Waals surface area contributed by atoms with Gasteiger partial charge in [0.25, 0.3) is 5.91 Å². The van der Waals surface area contributed by atoms with Crippen LogP contribution < -0.4 is 10.6 Å². The van der Waals surface area contributed by atoms with E-state index in [1.54, 1.807) is 12.1 Å². The zero-order valence-corrected chi connectivity index (χ0v) is 13.7. The van der Waals surface area contributed by atoms with Crippen molar-refractivity contribution in [2.75, 3.05) is 6.54 Å². The number of nitrogens with zero attached hydrogens (tertiary/aromatic N) is 2. The molecule has 0 saturated carbocycles. The van der Waals surface area contributed by atoms with Crippen molar-refractivity contribution in [1.29, 1.82) is 0 Å². The molecule has 4 rings (SSSR count). The molecule has 124 valence electrons. The lowest BCUT2D eigenvalue weighted by atomic mass is 10.1. The molecule has 1 saturated heterocycles. The number of amides is 1. The summed E-state index contributed by atoms with van der Waals surface area (Å²) in [5.41, 5.74) is 3.01. The van der Waals surface area contributed by atoms with Crippen LogP contribution >= 0.6 is 11.6 Å². The van der Waals surface area contributed by atoms with Crippen molar-refractivity contribution >= 4 is 28.5 Å². The first kappa shape index (κ1) is 15.2. The Balaban J connectivity index is 1.42. The van der Waals surface area contributed by atoms with E-state index in [-0.39, 0.29) is 11.9 Å². The molecule has 0 radical (unpaired) electrons. The lowest BCUT2D eigenvalue weighted by Crippen LogP contribution is -2.23. The molecule has 4 N–H and O–H groups in total. The van der Waals surface area contributed by atoms with Crippen LogP contribution in [-0.4, -0.2) is 32.6 Å². The highest BCUT2D eigenvalue weighted by Gasteiger charge is 2.20. The first-order valence-electron chi connectivity index (χ1n) is 7.90. The van der Waals surface area contributed by atoms with E-state index < -0.39 is 0 Å². The van der Waals surface area contributed by atoms with Gasteiger partial charge in [0.05, 0.1) is 23.3 Å². The monoisotopic (exact) mass is 344 g/mol. The highest BCUT2D eigenvalue weighted by Crippen LogP contribution is 2.21. The Morgan fingerprint density at radius 3 is 3.12 bits per heavy atom. The van der Waals surface area contributed by atoms with Crippen molar-refractivity contribution in [3.05, 3.63) is 46.5 Å². The van der Waals surface area contributed by atoms with Gasteiger partial charge in [0.15, 0.2) is 0 Å². The van der Waals surface area contributed by atoms with Crippen molar-refractivity contribution in [1.82, 2.24) is 30.8 Å². The minimum absolute atomic E-state index is 0.228. The van der Waals surface area contributed by atoms with E-state index in [1.165, 1.54) is 0 Å². The predicted molar refractivity (Wildman–Crippen MR) is 90.8 cm³/mol. The van der Waals surface area contributed by atoms with E-state index in [4.69, 9.17) is 11.6 Å². The van der Waals surface area contributed by atoms with Gasteiger partial charge in [-0.1, -0.05) is 11.6 Å². The van der Waals surface area contributed by atoms with Gasteiger partial charge in [0.1, 0.15) is 11.5 Å². The molecular weight excluding hydrogens is 328 g/mol. The minimum atomic E-state index is -0.228. The largest absolute Gasteiger partial charge is 0.343 e. The first-order chi connectivity index (χ1) is 11.7. The van der Waals surface area contributed by atoms with Gasteiger partial charge < -0.3 is 15.6 Å². The third kappa shape index (κ3) is 3.00. The van der Waals surface area contributed by atoms with E-state index in [1.807, 2.05) is 12.1 Å². The lowest BCUT2D eigenvalue weighted by molar-refractivity contribution is 0.0945. The standard InChI is InChI=1S/C16H17ClN6O/c17-9-3-4-11-12(6-9)21-15(20-11)8-19-16(24)14-7-13(22-23-14)10-2-1-5-18-10/h3-4,6-7,10,18H,1-2,5,8H2,(H,19,24)(H,20,21)(H,22,23). The Morgan fingerprint density at radius 1 is 1.38 bits per heavy atom. The normalized spacial score (nSPS) is 17.5. The molecule has 3 heterocycles. The maximum atomic E-state index is 12.2. The fourth-order valence-electron chi connectivity index (χ4n) is 2.95. The molecular formula is C16H17ClN6O. The van der Waals surface area contributed by atoms with Crippen LogP contribution in [0.4, 0.5) is 0 Å². The number of benzene rings is 1.